The summed E-state index contributed by atoms with van der Waals surface area (Å²) in [4.78, 5) is 13.8. The Hall–Kier alpha value is -1.33. The molecule has 1 atom stereocenters. The summed E-state index contributed by atoms with van der Waals surface area (Å²) in [6, 6.07) is 4.15. The molecule has 0 aromatic carbocycles. The summed E-state index contributed by atoms with van der Waals surface area (Å²) in [7, 11) is 0. The van der Waals surface area contributed by atoms with Gasteiger partial charge in [-0.2, -0.15) is 0 Å². The molecule has 0 saturated carbocycles. The highest BCUT2D eigenvalue weighted by atomic mass is 35.5. The molecular weight excluding hydrogens is 290 g/mol. The Kier molecular flexibility index (Phi) is 7.47. The van der Waals surface area contributed by atoms with Crippen LogP contribution in [0, 0.1) is 0 Å². The van der Waals surface area contributed by atoms with Crippen molar-refractivity contribution in [1.82, 2.24) is 10.3 Å². The first kappa shape index (κ1) is 17.7. The molecule has 0 spiro atoms. The zero-order valence-electron chi connectivity index (χ0n) is 12.9. The third kappa shape index (κ3) is 7.87. The average Bonchev–Trinajstić information content (AvgIpc) is 2.42. The maximum Gasteiger partial charge on any atom is 0.293 e. The van der Waals surface area contributed by atoms with Crippen LogP contribution in [0.4, 0.5) is 5.82 Å². The average molecular weight is 314 g/mol. The molecule has 2 heterocycles. The molecule has 1 aromatic heterocycles. The molecule has 1 saturated heterocycles. The number of aromatic nitrogens is 1. The van der Waals surface area contributed by atoms with E-state index in [2.05, 4.69) is 20.4 Å². The van der Waals surface area contributed by atoms with Crippen molar-refractivity contribution in [3.8, 4) is 0 Å². The molecule has 0 unspecified atom stereocenters. The lowest BCUT2D eigenvalue weighted by Gasteiger charge is -2.24. The van der Waals surface area contributed by atoms with E-state index in [1.54, 1.807) is 6.20 Å². The van der Waals surface area contributed by atoms with Crippen molar-refractivity contribution in [3.63, 3.8) is 0 Å². The number of ether oxygens (including phenoxy) is 1. The third-order valence-corrected chi connectivity index (χ3v) is 3.10. The van der Waals surface area contributed by atoms with Crippen LogP contribution < -0.4 is 10.6 Å². The Morgan fingerprint density at radius 3 is 2.76 bits per heavy atom. The number of hydrogen-bond donors (Lipinski definition) is 2. The highest BCUT2D eigenvalue weighted by Gasteiger charge is 2.13. The molecule has 1 aromatic rings. The van der Waals surface area contributed by atoms with Crippen molar-refractivity contribution in [2.24, 2.45) is 0 Å². The Balaban J connectivity index is 0.000000270. The predicted octanol–water partition coefficient (Wildman–Crippen LogP) is 2.86. The molecule has 0 aliphatic carbocycles. The van der Waals surface area contributed by atoms with E-state index in [1.807, 2.05) is 32.9 Å². The van der Waals surface area contributed by atoms with E-state index in [9.17, 15) is 4.79 Å². The van der Waals surface area contributed by atoms with Gasteiger partial charge >= 0.3 is 0 Å². The first-order valence-corrected chi connectivity index (χ1v) is 7.49. The van der Waals surface area contributed by atoms with E-state index >= 15 is 0 Å². The van der Waals surface area contributed by atoms with Crippen molar-refractivity contribution in [2.45, 2.75) is 45.3 Å². The van der Waals surface area contributed by atoms with Gasteiger partial charge in [0, 0.05) is 18.8 Å². The minimum absolute atomic E-state index is 0.318. The minimum Gasteiger partial charge on any atom is -0.462 e. The molecule has 1 aliphatic heterocycles. The number of carbonyl (C=O) groups excluding carboxylic acids is 1. The zero-order valence-corrected chi connectivity index (χ0v) is 13.6. The molecule has 2 rings (SSSR count). The van der Waals surface area contributed by atoms with Gasteiger partial charge in [-0.25, -0.2) is 4.98 Å². The molecule has 0 radical (unpaired) electrons. The van der Waals surface area contributed by atoms with Gasteiger partial charge < -0.3 is 15.4 Å². The second-order valence-corrected chi connectivity index (χ2v) is 6.26. The van der Waals surface area contributed by atoms with Crippen molar-refractivity contribution < 1.29 is 9.53 Å². The SMILES string of the molecule is CC(C)(C)OC=O.Clc1cccnc1N[C@@H]1CCCNC1. The highest BCUT2D eigenvalue weighted by Crippen LogP contribution is 2.19. The van der Waals surface area contributed by atoms with Crippen LogP contribution in [0.2, 0.25) is 5.02 Å². The van der Waals surface area contributed by atoms with Crippen LogP contribution in [0.5, 0.6) is 0 Å². The van der Waals surface area contributed by atoms with Gasteiger partial charge in [-0.05, 0) is 52.3 Å². The number of rotatable bonds is 3. The number of carbonyl (C=O) groups is 1. The summed E-state index contributed by atoms with van der Waals surface area (Å²) in [6.45, 7) is 8.03. The van der Waals surface area contributed by atoms with Gasteiger partial charge in [0.15, 0.2) is 0 Å². The van der Waals surface area contributed by atoms with Crippen LogP contribution in [0.25, 0.3) is 0 Å². The van der Waals surface area contributed by atoms with Crippen molar-refractivity contribution in [2.75, 3.05) is 18.4 Å². The highest BCUT2D eigenvalue weighted by molar-refractivity contribution is 6.32. The Labute approximate surface area is 131 Å². The van der Waals surface area contributed by atoms with Crippen LogP contribution in [-0.4, -0.2) is 36.2 Å². The predicted molar refractivity (Wildman–Crippen MR) is 85.7 cm³/mol. The van der Waals surface area contributed by atoms with Crippen molar-refractivity contribution in [1.29, 1.82) is 0 Å². The summed E-state index contributed by atoms with van der Waals surface area (Å²) in [5, 5.41) is 7.38. The van der Waals surface area contributed by atoms with Gasteiger partial charge in [-0.15, -0.1) is 0 Å². The molecular formula is C15H24ClN3O2. The van der Waals surface area contributed by atoms with E-state index < -0.39 is 0 Å². The van der Waals surface area contributed by atoms with Crippen LogP contribution in [0.1, 0.15) is 33.6 Å². The number of pyridine rings is 1. The maximum absolute atomic E-state index is 9.60. The second kappa shape index (κ2) is 8.85. The molecule has 5 nitrogen and oxygen atoms in total. The topological polar surface area (TPSA) is 63.2 Å². The first-order valence-electron chi connectivity index (χ1n) is 7.11. The van der Waals surface area contributed by atoms with Gasteiger partial charge in [0.1, 0.15) is 11.4 Å². The van der Waals surface area contributed by atoms with Crippen molar-refractivity contribution in [3.05, 3.63) is 23.4 Å². The first-order chi connectivity index (χ1) is 9.92. The normalized spacial score (nSPS) is 18.2. The van der Waals surface area contributed by atoms with Gasteiger partial charge in [0.05, 0.1) is 5.02 Å². The van der Waals surface area contributed by atoms with Gasteiger partial charge in [0.25, 0.3) is 6.47 Å². The minimum atomic E-state index is -0.318. The lowest BCUT2D eigenvalue weighted by atomic mass is 10.1. The lowest BCUT2D eigenvalue weighted by molar-refractivity contribution is -0.138. The summed E-state index contributed by atoms with van der Waals surface area (Å²) in [5.41, 5.74) is -0.318. The summed E-state index contributed by atoms with van der Waals surface area (Å²) in [6.07, 6.45) is 4.15. The molecule has 2 N–H and O–H groups in total. The summed E-state index contributed by atoms with van der Waals surface area (Å²) in [5.74, 6) is 0.794. The molecule has 6 heteroatoms. The summed E-state index contributed by atoms with van der Waals surface area (Å²) < 4.78 is 4.55. The van der Waals surface area contributed by atoms with E-state index in [4.69, 9.17) is 11.6 Å². The van der Waals surface area contributed by atoms with Gasteiger partial charge in [0.2, 0.25) is 0 Å². The standard InChI is InChI=1S/C10H14ClN3.C5H10O2/c11-9-4-2-6-13-10(9)14-8-3-1-5-12-7-8;1-5(2,3)7-4-6/h2,4,6,8,12H,1,3,5,7H2,(H,13,14);4H,1-3H3/t8-;/m1./s1. The number of anilines is 1. The third-order valence-electron chi connectivity index (χ3n) is 2.80. The fraction of sp³-hybridized carbons (Fsp3) is 0.600. The van der Waals surface area contributed by atoms with Crippen LogP contribution in [0.3, 0.4) is 0 Å². The molecule has 1 fully saturated rings. The fourth-order valence-corrected chi connectivity index (χ4v) is 1.98. The zero-order chi connectivity index (χ0) is 15.7. The van der Waals surface area contributed by atoms with Crippen LogP contribution >= 0.6 is 11.6 Å². The smallest absolute Gasteiger partial charge is 0.293 e. The molecule has 0 amide bonds. The Morgan fingerprint density at radius 2 is 2.29 bits per heavy atom. The van der Waals surface area contributed by atoms with Crippen LogP contribution in [0.15, 0.2) is 18.3 Å². The number of piperidine rings is 1. The van der Waals surface area contributed by atoms with E-state index in [0.717, 1.165) is 18.9 Å². The van der Waals surface area contributed by atoms with Gasteiger partial charge in [-0.1, -0.05) is 11.6 Å². The second-order valence-electron chi connectivity index (χ2n) is 5.85. The lowest BCUT2D eigenvalue weighted by Crippen LogP contribution is -2.38. The number of nitrogens with zero attached hydrogens (tertiary/aromatic N) is 1. The number of halogens is 1. The number of nitrogens with one attached hydrogen (secondary N) is 2. The number of hydrogen-bond acceptors (Lipinski definition) is 5. The Bertz CT molecular complexity index is 429. The van der Waals surface area contributed by atoms with E-state index in [-0.39, 0.29) is 5.60 Å². The maximum atomic E-state index is 9.60. The van der Waals surface area contributed by atoms with Crippen molar-refractivity contribution >= 4 is 23.9 Å². The quantitative estimate of drug-likeness (QED) is 0.840. The largest absolute Gasteiger partial charge is 0.462 e. The molecule has 0 bridgehead atoms. The Morgan fingerprint density at radius 1 is 1.52 bits per heavy atom. The van der Waals surface area contributed by atoms with E-state index in [1.165, 1.54) is 12.8 Å². The molecule has 1 aliphatic rings. The molecule has 118 valence electrons. The van der Waals surface area contributed by atoms with E-state index in [0.29, 0.717) is 17.5 Å². The summed E-state index contributed by atoms with van der Waals surface area (Å²) >= 11 is 6.00. The van der Waals surface area contributed by atoms with Gasteiger partial charge in [-0.3, -0.25) is 4.79 Å². The monoisotopic (exact) mass is 313 g/mol. The molecule has 21 heavy (non-hydrogen) atoms. The van der Waals surface area contributed by atoms with Crippen LogP contribution in [-0.2, 0) is 9.53 Å². The fourth-order valence-electron chi connectivity index (χ4n) is 1.80.